The van der Waals surface area contributed by atoms with Gasteiger partial charge in [-0.15, -0.1) is 0 Å². The first-order valence-electron chi connectivity index (χ1n) is 16.8. The van der Waals surface area contributed by atoms with E-state index in [2.05, 4.69) is 5.32 Å². The van der Waals surface area contributed by atoms with Gasteiger partial charge in [0.1, 0.15) is 12.6 Å². The number of nitrogens with two attached hydrogens (primary N) is 1. The third-order valence-corrected chi connectivity index (χ3v) is 10.9. The highest BCUT2D eigenvalue weighted by atomic mass is 35.5. The van der Waals surface area contributed by atoms with E-state index >= 15 is 0 Å². The number of carbonyl (C=O) groups is 3. The van der Waals surface area contributed by atoms with Gasteiger partial charge in [0.25, 0.3) is 11.6 Å². The Morgan fingerprint density at radius 2 is 1.71 bits per heavy atom. The molecule has 1 heterocycles. The van der Waals surface area contributed by atoms with Crippen molar-refractivity contribution in [2.45, 2.75) is 70.7 Å². The number of aryl methyl sites for hydroxylation is 1. The second-order valence-corrected chi connectivity index (χ2v) is 16.1. The zero-order valence-electron chi connectivity index (χ0n) is 29.7. The summed E-state index contributed by atoms with van der Waals surface area (Å²) in [6, 6.07) is 14.5. The number of halogens is 1. The van der Waals surface area contributed by atoms with Crippen LogP contribution in [0.15, 0.2) is 71.6 Å². The molecule has 4 rings (SSSR count). The molecule has 0 radical (unpaired) electrons. The van der Waals surface area contributed by atoms with Gasteiger partial charge in [0.2, 0.25) is 15.9 Å². The molecule has 3 atom stereocenters. The summed E-state index contributed by atoms with van der Waals surface area (Å²) < 4.78 is 28.9. The maximum absolute atomic E-state index is 14.1. The van der Waals surface area contributed by atoms with Gasteiger partial charge in [-0.3, -0.25) is 24.6 Å². The highest BCUT2D eigenvalue weighted by Gasteiger charge is 2.44. The summed E-state index contributed by atoms with van der Waals surface area (Å²) in [5.41, 5.74) is 7.54. The number of nitrogen functional groups attached to an aromatic ring is 1. The molecule has 16 heteroatoms. The van der Waals surface area contributed by atoms with Crippen molar-refractivity contribution >= 4 is 50.8 Å². The van der Waals surface area contributed by atoms with Gasteiger partial charge in [-0.25, -0.2) is 13.2 Å². The minimum absolute atomic E-state index is 0.0526. The number of nitro benzene ring substituents is 1. The van der Waals surface area contributed by atoms with Gasteiger partial charge in [0.15, 0.2) is 0 Å². The fraction of sp³-hybridized carbons (Fsp3) is 0.417. The molecule has 0 spiro atoms. The van der Waals surface area contributed by atoms with E-state index in [1.165, 1.54) is 41.3 Å². The number of rotatable bonds is 16. The quantitative estimate of drug-likeness (QED) is 0.0823. The molecular weight excluding hydrogens is 712 g/mol. The fourth-order valence-corrected chi connectivity index (χ4v) is 7.98. The number of carbonyl (C=O) groups excluding carboxylic acids is 3. The van der Waals surface area contributed by atoms with E-state index < -0.39 is 56.9 Å². The van der Waals surface area contributed by atoms with Crippen molar-refractivity contribution in [3.05, 3.63) is 98.6 Å². The van der Waals surface area contributed by atoms with Gasteiger partial charge >= 0.3 is 6.03 Å². The highest BCUT2D eigenvalue weighted by molar-refractivity contribution is 7.89. The van der Waals surface area contributed by atoms with E-state index in [-0.39, 0.29) is 59.8 Å². The first kappa shape index (κ1) is 40.2. The fourth-order valence-electron chi connectivity index (χ4n) is 6.21. The summed E-state index contributed by atoms with van der Waals surface area (Å²) in [6.45, 7) is 7.83. The Morgan fingerprint density at radius 1 is 1.04 bits per heavy atom. The number of imide groups is 1. The van der Waals surface area contributed by atoms with E-state index in [0.29, 0.717) is 11.1 Å². The standard InChI is InChI=1S/C36H45ClN6O8S/c1-22(2)18-40(52(50,51)27-12-13-28(37)29(38)17-27)20-32(44)30(16-25-9-7-6-8-10-25)39-35(46)34(23(3)4)42-21-33(45)41(36(42)47)19-26-11-14-31(43(48)49)24(5)15-26/h6-15,17,22-23,30,32,34,44H,16,18-21,38H2,1-5H3,(H,39,46)/t30-,32-,34-/m0/s1. The molecule has 1 fully saturated rings. The first-order chi connectivity index (χ1) is 24.4. The zero-order valence-corrected chi connectivity index (χ0v) is 31.3. The number of urea groups is 1. The van der Waals surface area contributed by atoms with Crippen LogP contribution in [0.3, 0.4) is 0 Å². The Morgan fingerprint density at radius 3 is 2.29 bits per heavy atom. The summed E-state index contributed by atoms with van der Waals surface area (Å²) in [4.78, 5) is 53.8. The van der Waals surface area contributed by atoms with Crippen molar-refractivity contribution in [3.8, 4) is 0 Å². The Balaban J connectivity index is 1.60. The van der Waals surface area contributed by atoms with E-state index in [4.69, 9.17) is 17.3 Å². The number of nitrogens with zero attached hydrogens (tertiary/aromatic N) is 4. The van der Waals surface area contributed by atoms with Crippen molar-refractivity contribution in [1.29, 1.82) is 0 Å². The third-order valence-electron chi connectivity index (χ3n) is 8.77. The molecule has 3 aromatic carbocycles. The van der Waals surface area contributed by atoms with E-state index in [9.17, 15) is 38.0 Å². The van der Waals surface area contributed by atoms with Crippen molar-refractivity contribution < 1.29 is 32.8 Å². The van der Waals surface area contributed by atoms with Crippen LogP contribution in [0.4, 0.5) is 16.2 Å². The number of nitrogens with one attached hydrogen (secondary N) is 1. The van der Waals surface area contributed by atoms with Crippen LogP contribution in [0.1, 0.15) is 44.4 Å². The van der Waals surface area contributed by atoms with Gasteiger partial charge in [-0.05, 0) is 60.6 Å². The molecule has 3 aromatic rings. The lowest BCUT2D eigenvalue weighted by Crippen LogP contribution is -2.57. The smallest absolute Gasteiger partial charge is 0.328 e. The molecule has 52 heavy (non-hydrogen) atoms. The maximum Gasteiger partial charge on any atom is 0.328 e. The number of anilines is 1. The summed E-state index contributed by atoms with van der Waals surface area (Å²) in [6.07, 6.45) is -1.28. The molecule has 280 valence electrons. The minimum atomic E-state index is -4.17. The average Bonchev–Trinajstić information content (AvgIpc) is 3.33. The molecule has 4 N–H and O–H groups in total. The maximum atomic E-state index is 14.1. The third kappa shape index (κ3) is 9.45. The predicted molar refractivity (Wildman–Crippen MR) is 197 cm³/mol. The lowest BCUT2D eigenvalue weighted by atomic mass is 9.97. The molecule has 0 saturated carbocycles. The van der Waals surface area contributed by atoms with Gasteiger partial charge in [-0.2, -0.15) is 4.31 Å². The lowest BCUT2D eigenvalue weighted by Gasteiger charge is -2.34. The molecule has 0 unspecified atom stereocenters. The van der Waals surface area contributed by atoms with Crippen LogP contribution in [0, 0.1) is 28.9 Å². The van der Waals surface area contributed by atoms with Gasteiger partial charge in [0.05, 0.1) is 39.2 Å². The van der Waals surface area contributed by atoms with Crippen molar-refractivity contribution in [2.75, 3.05) is 25.4 Å². The summed E-state index contributed by atoms with van der Waals surface area (Å²) >= 11 is 6.04. The van der Waals surface area contributed by atoms with E-state index in [1.54, 1.807) is 32.9 Å². The molecule has 0 aromatic heterocycles. The summed E-state index contributed by atoms with van der Waals surface area (Å²) in [7, 11) is -4.17. The number of hydrogen-bond acceptors (Lipinski definition) is 9. The average molecular weight is 757 g/mol. The van der Waals surface area contributed by atoms with Gasteiger partial charge < -0.3 is 21.1 Å². The van der Waals surface area contributed by atoms with Crippen LogP contribution >= 0.6 is 11.6 Å². The van der Waals surface area contributed by atoms with Crippen molar-refractivity contribution in [2.24, 2.45) is 11.8 Å². The van der Waals surface area contributed by atoms with Gasteiger partial charge in [0, 0.05) is 24.7 Å². The van der Waals surface area contributed by atoms with Crippen LogP contribution in [-0.2, 0) is 32.6 Å². The Kier molecular flexibility index (Phi) is 13.0. The Hall–Kier alpha value is -4.57. The molecule has 14 nitrogen and oxygen atoms in total. The molecular formula is C36H45ClN6O8S. The number of aliphatic hydroxyl groups excluding tert-OH is 1. The van der Waals surface area contributed by atoms with Crippen LogP contribution in [0.2, 0.25) is 5.02 Å². The number of aliphatic hydroxyl groups is 1. The molecule has 0 aliphatic carbocycles. The van der Waals surface area contributed by atoms with Gasteiger partial charge in [-0.1, -0.05) is 75.7 Å². The number of amides is 4. The Labute approximate surface area is 308 Å². The van der Waals surface area contributed by atoms with Crippen LogP contribution < -0.4 is 11.1 Å². The minimum Gasteiger partial charge on any atom is -0.397 e. The topological polar surface area (TPSA) is 196 Å². The number of sulfonamides is 1. The molecule has 1 saturated heterocycles. The largest absolute Gasteiger partial charge is 0.397 e. The second-order valence-electron chi connectivity index (χ2n) is 13.7. The Bertz CT molecular complexity index is 1910. The molecule has 1 aliphatic rings. The zero-order chi connectivity index (χ0) is 38.5. The molecule has 1 aliphatic heterocycles. The van der Waals surface area contributed by atoms with Crippen molar-refractivity contribution in [3.63, 3.8) is 0 Å². The monoisotopic (exact) mass is 756 g/mol. The number of nitro groups is 1. The van der Waals surface area contributed by atoms with Crippen LogP contribution in [-0.4, -0.2) is 88.2 Å². The van der Waals surface area contributed by atoms with Crippen molar-refractivity contribution in [1.82, 2.24) is 19.4 Å². The van der Waals surface area contributed by atoms with E-state index in [1.807, 2.05) is 32.0 Å². The van der Waals surface area contributed by atoms with Crippen LogP contribution in [0.5, 0.6) is 0 Å². The summed E-state index contributed by atoms with van der Waals surface area (Å²) in [5.74, 6) is -1.78. The number of hydrogen-bond donors (Lipinski definition) is 3. The normalized spacial score (nSPS) is 15.4. The lowest BCUT2D eigenvalue weighted by molar-refractivity contribution is -0.385. The first-order valence-corrected chi connectivity index (χ1v) is 18.6. The second kappa shape index (κ2) is 16.8. The SMILES string of the molecule is Cc1cc(CN2C(=O)CN([C@H](C(=O)N[C@@H](Cc3ccccc3)[C@@H](O)CN(CC(C)C)S(=O)(=O)c3ccc(Cl)c(N)c3)C(C)C)C2=O)ccc1[N+](=O)[O-]. The molecule has 4 amide bonds. The molecule has 0 bridgehead atoms. The summed E-state index contributed by atoms with van der Waals surface area (Å²) in [5, 5.41) is 26.1. The van der Waals surface area contributed by atoms with E-state index in [0.717, 1.165) is 14.8 Å². The highest BCUT2D eigenvalue weighted by Crippen LogP contribution is 2.27. The van der Waals surface area contributed by atoms with Crippen LogP contribution in [0.25, 0.3) is 0 Å². The predicted octanol–water partition coefficient (Wildman–Crippen LogP) is 4.36. The number of benzene rings is 3.